The first kappa shape index (κ1) is 15.5. The number of nitrogens with one attached hydrogen (secondary N) is 1. The van der Waals surface area contributed by atoms with Gasteiger partial charge >= 0.3 is 0 Å². The van der Waals surface area contributed by atoms with E-state index in [2.05, 4.69) is 20.6 Å². The molecule has 1 amide bonds. The third-order valence-electron chi connectivity index (χ3n) is 4.26. The van der Waals surface area contributed by atoms with Crippen molar-refractivity contribution in [1.29, 1.82) is 0 Å². The smallest absolute Gasteiger partial charge is 0.273 e. The number of carbonyl (C=O) groups excluding carboxylic acids is 1. The molecule has 1 aliphatic carbocycles. The molecule has 8 heteroatoms. The van der Waals surface area contributed by atoms with Crippen LogP contribution in [0.25, 0.3) is 11.3 Å². The third kappa shape index (κ3) is 3.16. The van der Waals surface area contributed by atoms with E-state index >= 15 is 0 Å². The number of aromatic nitrogens is 3. The Morgan fingerprint density at radius 1 is 1.20 bits per heavy atom. The van der Waals surface area contributed by atoms with Gasteiger partial charge in [-0.15, -0.1) is 0 Å². The quantitative estimate of drug-likeness (QED) is 0.729. The first-order valence-corrected chi connectivity index (χ1v) is 7.99. The summed E-state index contributed by atoms with van der Waals surface area (Å²) in [5.74, 6) is 1.20. The summed E-state index contributed by atoms with van der Waals surface area (Å²) in [4.78, 5) is 16.4. The van der Waals surface area contributed by atoms with E-state index in [-0.39, 0.29) is 36.1 Å². The number of aliphatic hydroxyl groups is 1. The maximum Gasteiger partial charge on any atom is 0.273 e. The Morgan fingerprint density at radius 2 is 2.00 bits per heavy atom. The molecule has 128 valence electrons. The number of hydrogen-bond donors (Lipinski definition) is 2. The predicted octanol–water partition coefficient (Wildman–Crippen LogP) is 1.89. The van der Waals surface area contributed by atoms with Crippen LogP contribution in [0.15, 0.2) is 45.4 Å². The maximum atomic E-state index is 12.3. The van der Waals surface area contributed by atoms with E-state index in [1.54, 1.807) is 6.07 Å². The van der Waals surface area contributed by atoms with Crippen LogP contribution in [0, 0.1) is 0 Å². The molecule has 25 heavy (non-hydrogen) atoms. The van der Waals surface area contributed by atoms with Gasteiger partial charge in [0.15, 0.2) is 17.3 Å². The van der Waals surface area contributed by atoms with Crippen LogP contribution in [-0.4, -0.2) is 32.4 Å². The number of amides is 1. The Balaban J connectivity index is 1.34. The fourth-order valence-corrected chi connectivity index (χ4v) is 2.82. The van der Waals surface area contributed by atoms with Gasteiger partial charge in [-0.05, 0) is 12.8 Å². The molecule has 0 saturated heterocycles. The molecule has 2 aromatic heterocycles. The molecule has 1 saturated carbocycles. The van der Waals surface area contributed by atoms with E-state index in [1.165, 1.54) is 0 Å². The van der Waals surface area contributed by atoms with Crippen LogP contribution in [0.5, 0.6) is 0 Å². The maximum absolute atomic E-state index is 12.3. The van der Waals surface area contributed by atoms with Gasteiger partial charge < -0.3 is 19.5 Å². The molecule has 0 atom stereocenters. The number of benzene rings is 1. The zero-order valence-corrected chi connectivity index (χ0v) is 13.3. The van der Waals surface area contributed by atoms with Gasteiger partial charge in [-0.3, -0.25) is 4.79 Å². The van der Waals surface area contributed by atoms with Gasteiger partial charge in [-0.1, -0.05) is 40.6 Å². The normalized spacial score (nSPS) is 19.4. The van der Waals surface area contributed by atoms with Crippen molar-refractivity contribution in [1.82, 2.24) is 20.6 Å². The van der Waals surface area contributed by atoms with Gasteiger partial charge in [0.1, 0.15) is 6.61 Å². The second-order valence-corrected chi connectivity index (χ2v) is 5.99. The fraction of sp³-hybridized carbons (Fsp3) is 0.294. The summed E-state index contributed by atoms with van der Waals surface area (Å²) < 4.78 is 10.1. The molecule has 4 rings (SSSR count). The molecule has 2 heterocycles. The van der Waals surface area contributed by atoms with E-state index in [4.69, 9.17) is 14.2 Å². The molecule has 0 unspecified atom stereocenters. The minimum Gasteiger partial charge on any atom is -0.387 e. The Morgan fingerprint density at radius 3 is 2.72 bits per heavy atom. The average molecular weight is 340 g/mol. The minimum atomic E-state index is -0.268. The van der Waals surface area contributed by atoms with Crippen molar-refractivity contribution in [3.05, 3.63) is 53.8 Å². The van der Waals surface area contributed by atoms with Gasteiger partial charge in [0.2, 0.25) is 0 Å². The van der Waals surface area contributed by atoms with Crippen molar-refractivity contribution in [2.75, 3.05) is 0 Å². The lowest BCUT2D eigenvalue weighted by Crippen LogP contribution is -2.43. The molecule has 1 fully saturated rings. The number of carbonyl (C=O) groups is 1. The summed E-state index contributed by atoms with van der Waals surface area (Å²) in [6.45, 7) is -0.268. The Hall–Kier alpha value is -3.00. The average Bonchev–Trinajstić information content (AvgIpc) is 3.27. The molecule has 0 spiro atoms. The summed E-state index contributed by atoms with van der Waals surface area (Å²) in [6, 6.07) is 11.2. The van der Waals surface area contributed by atoms with Crippen LogP contribution in [0.1, 0.15) is 41.0 Å². The molecule has 2 N–H and O–H groups in total. The van der Waals surface area contributed by atoms with Crippen LogP contribution >= 0.6 is 0 Å². The van der Waals surface area contributed by atoms with E-state index in [9.17, 15) is 4.79 Å². The topological polar surface area (TPSA) is 114 Å². The summed E-state index contributed by atoms with van der Waals surface area (Å²) in [7, 11) is 0. The van der Waals surface area contributed by atoms with Crippen molar-refractivity contribution in [2.24, 2.45) is 0 Å². The third-order valence-corrected chi connectivity index (χ3v) is 4.26. The Labute approximate surface area is 142 Å². The van der Waals surface area contributed by atoms with E-state index < -0.39 is 0 Å². The standard InChI is InChI=1S/C17H16N4O4/c22-9-15-19-16(21-25-15)11-6-12(7-11)18-17(23)13-8-14(24-20-13)10-4-2-1-3-5-10/h1-5,8,11-12,22H,6-7,9H2,(H,18,23)/t11-,12+. The number of aliphatic hydroxyl groups excluding tert-OH is 1. The lowest BCUT2D eigenvalue weighted by atomic mass is 9.79. The van der Waals surface area contributed by atoms with E-state index in [0.29, 0.717) is 11.6 Å². The minimum absolute atomic E-state index is 0.0328. The highest BCUT2D eigenvalue weighted by Crippen LogP contribution is 2.35. The first-order chi connectivity index (χ1) is 12.2. The van der Waals surface area contributed by atoms with E-state index in [1.807, 2.05) is 30.3 Å². The second kappa shape index (κ2) is 6.48. The molecular weight excluding hydrogens is 324 g/mol. The number of hydrogen-bond acceptors (Lipinski definition) is 7. The summed E-state index contributed by atoms with van der Waals surface area (Å²) >= 11 is 0. The molecular formula is C17H16N4O4. The van der Waals surface area contributed by atoms with Crippen molar-refractivity contribution < 1.29 is 18.9 Å². The summed E-state index contributed by atoms with van der Waals surface area (Å²) in [5.41, 5.74) is 1.12. The van der Waals surface area contributed by atoms with Crippen molar-refractivity contribution in [3.63, 3.8) is 0 Å². The van der Waals surface area contributed by atoms with Crippen molar-refractivity contribution in [2.45, 2.75) is 31.4 Å². The molecule has 8 nitrogen and oxygen atoms in total. The fourth-order valence-electron chi connectivity index (χ4n) is 2.82. The molecule has 0 aliphatic heterocycles. The highest BCUT2D eigenvalue weighted by molar-refractivity contribution is 5.93. The summed E-state index contributed by atoms with van der Waals surface area (Å²) in [5, 5.41) is 19.5. The second-order valence-electron chi connectivity index (χ2n) is 5.99. The van der Waals surface area contributed by atoms with Crippen LogP contribution in [0.4, 0.5) is 0 Å². The Kier molecular flexibility index (Phi) is 4.02. The molecule has 1 aromatic carbocycles. The number of nitrogens with zero attached hydrogens (tertiary/aromatic N) is 3. The van der Waals surface area contributed by atoms with Crippen molar-refractivity contribution >= 4 is 5.91 Å². The van der Waals surface area contributed by atoms with Gasteiger partial charge in [0.25, 0.3) is 11.8 Å². The highest BCUT2D eigenvalue weighted by atomic mass is 16.5. The van der Waals surface area contributed by atoms with E-state index in [0.717, 1.165) is 18.4 Å². The lowest BCUT2D eigenvalue weighted by Gasteiger charge is -2.33. The molecule has 0 radical (unpaired) electrons. The lowest BCUT2D eigenvalue weighted by molar-refractivity contribution is 0.0898. The monoisotopic (exact) mass is 340 g/mol. The highest BCUT2D eigenvalue weighted by Gasteiger charge is 2.35. The first-order valence-electron chi connectivity index (χ1n) is 7.99. The molecule has 1 aliphatic rings. The zero-order valence-electron chi connectivity index (χ0n) is 13.3. The Bertz CT molecular complexity index is 868. The van der Waals surface area contributed by atoms with Crippen LogP contribution < -0.4 is 5.32 Å². The largest absolute Gasteiger partial charge is 0.387 e. The van der Waals surface area contributed by atoms with Gasteiger partial charge in [0.05, 0.1) is 0 Å². The predicted molar refractivity (Wildman–Crippen MR) is 85.4 cm³/mol. The molecule has 0 bridgehead atoms. The zero-order chi connectivity index (χ0) is 17.2. The van der Waals surface area contributed by atoms with Crippen LogP contribution in [0.3, 0.4) is 0 Å². The molecule has 3 aromatic rings. The van der Waals surface area contributed by atoms with Crippen LogP contribution in [0.2, 0.25) is 0 Å². The SMILES string of the molecule is O=C(N[C@H]1C[C@@H](c2noc(CO)n2)C1)c1cc(-c2ccccc2)on1. The summed E-state index contributed by atoms with van der Waals surface area (Å²) in [6.07, 6.45) is 1.44. The van der Waals surface area contributed by atoms with Gasteiger partial charge in [-0.2, -0.15) is 4.98 Å². The van der Waals surface area contributed by atoms with Gasteiger partial charge in [0, 0.05) is 23.6 Å². The number of rotatable bonds is 5. The van der Waals surface area contributed by atoms with Crippen LogP contribution in [-0.2, 0) is 6.61 Å². The van der Waals surface area contributed by atoms with Crippen molar-refractivity contribution in [3.8, 4) is 11.3 Å². The van der Waals surface area contributed by atoms with Gasteiger partial charge in [-0.25, -0.2) is 0 Å².